The average molecular weight is 375 g/mol. The van der Waals surface area contributed by atoms with E-state index in [1.54, 1.807) is 12.1 Å². The molecule has 0 aliphatic carbocycles. The maximum atomic E-state index is 12.3. The van der Waals surface area contributed by atoms with Crippen molar-refractivity contribution in [2.24, 2.45) is 11.1 Å². The first kappa shape index (κ1) is 20.1. The predicted molar refractivity (Wildman–Crippen MR) is 103 cm³/mol. The molecule has 0 spiro atoms. The molecule has 2 atom stereocenters. The van der Waals surface area contributed by atoms with E-state index in [0.717, 1.165) is 12.8 Å². The molecule has 0 aliphatic heterocycles. The summed E-state index contributed by atoms with van der Waals surface area (Å²) in [7, 11) is -3.75. The summed E-state index contributed by atoms with van der Waals surface area (Å²) in [6.07, 6.45) is 2.32. The maximum absolute atomic E-state index is 12.3. The van der Waals surface area contributed by atoms with Crippen LogP contribution in [0, 0.1) is 5.92 Å². The van der Waals surface area contributed by atoms with E-state index < -0.39 is 10.0 Å². The SMILES string of the molecule is C[C@@H](CCc1ccccc1)CC(=O)N[C@@H](C)c1cccc(S(N)(=O)=O)c1. The Morgan fingerprint density at radius 3 is 2.42 bits per heavy atom. The van der Waals surface area contributed by atoms with Crippen LogP contribution < -0.4 is 10.5 Å². The van der Waals surface area contributed by atoms with Crippen molar-refractivity contribution in [1.82, 2.24) is 5.32 Å². The number of carbonyl (C=O) groups is 1. The molecular formula is C20H26N2O3S. The van der Waals surface area contributed by atoms with E-state index in [4.69, 9.17) is 5.14 Å². The van der Waals surface area contributed by atoms with E-state index in [0.29, 0.717) is 12.0 Å². The highest BCUT2D eigenvalue weighted by Crippen LogP contribution is 2.18. The van der Waals surface area contributed by atoms with Crippen LogP contribution in [-0.4, -0.2) is 14.3 Å². The van der Waals surface area contributed by atoms with Crippen molar-refractivity contribution in [1.29, 1.82) is 0 Å². The molecule has 6 heteroatoms. The number of benzene rings is 2. The van der Waals surface area contributed by atoms with Gasteiger partial charge in [0.2, 0.25) is 15.9 Å². The Kier molecular flexibility index (Phi) is 6.94. The molecule has 0 aromatic heterocycles. The second-order valence-corrected chi connectivity index (χ2v) is 8.30. The zero-order valence-electron chi connectivity index (χ0n) is 15.2. The molecule has 26 heavy (non-hydrogen) atoms. The maximum Gasteiger partial charge on any atom is 0.238 e. The van der Waals surface area contributed by atoms with Crippen molar-refractivity contribution in [3.05, 3.63) is 65.7 Å². The molecule has 3 N–H and O–H groups in total. The molecule has 2 aromatic rings. The molecule has 0 aliphatic rings. The van der Waals surface area contributed by atoms with Crippen molar-refractivity contribution in [3.8, 4) is 0 Å². The molecule has 0 saturated heterocycles. The first-order valence-corrected chi connectivity index (χ1v) is 10.3. The summed E-state index contributed by atoms with van der Waals surface area (Å²) >= 11 is 0. The summed E-state index contributed by atoms with van der Waals surface area (Å²) in [5.41, 5.74) is 1.98. The Labute approximate surface area is 155 Å². The van der Waals surface area contributed by atoms with Crippen LogP contribution in [-0.2, 0) is 21.2 Å². The van der Waals surface area contributed by atoms with Gasteiger partial charge in [0.05, 0.1) is 10.9 Å². The molecular weight excluding hydrogens is 348 g/mol. The molecule has 0 saturated carbocycles. The van der Waals surface area contributed by atoms with E-state index in [2.05, 4.69) is 24.4 Å². The normalized spacial score (nSPS) is 13.8. The molecule has 2 aromatic carbocycles. The van der Waals surface area contributed by atoms with Crippen LogP contribution in [0.3, 0.4) is 0 Å². The van der Waals surface area contributed by atoms with Gasteiger partial charge in [0.15, 0.2) is 0 Å². The molecule has 1 amide bonds. The number of carbonyl (C=O) groups excluding carboxylic acids is 1. The summed E-state index contributed by atoms with van der Waals surface area (Å²) < 4.78 is 22.9. The van der Waals surface area contributed by atoms with Gasteiger partial charge in [-0.1, -0.05) is 49.4 Å². The van der Waals surface area contributed by atoms with Crippen LogP contribution in [0.4, 0.5) is 0 Å². The minimum absolute atomic E-state index is 0.0425. The van der Waals surface area contributed by atoms with Gasteiger partial charge in [-0.2, -0.15) is 0 Å². The summed E-state index contributed by atoms with van der Waals surface area (Å²) in [4.78, 5) is 12.3. The zero-order chi connectivity index (χ0) is 19.2. The van der Waals surface area contributed by atoms with Crippen LogP contribution >= 0.6 is 0 Å². The quantitative estimate of drug-likeness (QED) is 0.744. The van der Waals surface area contributed by atoms with Gasteiger partial charge in [0, 0.05) is 6.42 Å². The molecule has 140 valence electrons. The minimum atomic E-state index is -3.75. The van der Waals surface area contributed by atoms with E-state index in [1.165, 1.54) is 17.7 Å². The van der Waals surface area contributed by atoms with Gasteiger partial charge in [-0.05, 0) is 48.9 Å². The topological polar surface area (TPSA) is 89.3 Å². The van der Waals surface area contributed by atoms with Gasteiger partial charge in [-0.15, -0.1) is 0 Å². The Balaban J connectivity index is 1.87. The number of primary sulfonamides is 1. The lowest BCUT2D eigenvalue weighted by atomic mass is 9.97. The van der Waals surface area contributed by atoms with E-state index in [9.17, 15) is 13.2 Å². The first-order valence-electron chi connectivity index (χ1n) is 8.71. The Bertz CT molecular complexity index is 835. The van der Waals surface area contributed by atoms with Gasteiger partial charge < -0.3 is 5.32 Å². The lowest BCUT2D eigenvalue weighted by molar-refractivity contribution is -0.122. The molecule has 0 radical (unpaired) electrons. The Morgan fingerprint density at radius 1 is 1.08 bits per heavy atom. The second-order valence-electron chi connectivity index (χ2n) is 6.74. The van der Waals surface area contributed by atoms with Crippen LogP contribution in [0.1, 0.15) is 43.9 Å². The third-order valence-corrected chi connectivity index (χ3v) is 5.28. The number of nitrogens with one attached hydrogen (secondary N) is 1. The number of aryl methyl sites for hydroxylation is 1. The molecule has 0 unspecified atom stereocenters. The first-order chi connectivity index (χ1) is 12.3. The minimum Gasteiger partial charge on any atom is -0.350 e. The summed E-state index contributed by atoms with van der Waals surface area (Å²) in [5, 5.41) is 8.09. The van der Waals surface area contributed by atoms with Crippen molar-refractivity contribution < 1.29 is 13.2 Å². The standard InChI is InChI=1S/C20H26N2O3S/c1-15(11-12-17-7-4-3-5-8-17)13-20(23)22-16(2)18-9-6-10-19(14-18)26(21,24)25/h3-10,14-16H,11-13H2,1-2H3,(H,22,23)(H2,21,24,25)/t15-,16-/m0/s1. The van der Waals surface area contributed by atoms with Crippen molar-refractivity contribution in [2.45, 2.75) is 44.0 Å². The number of rotatable bonds is 8. The number of sulfonamides is 1. The number of amides is 1. The Morgan fingerprint density at radius 2 is 1.77 bits per heavy atom. The van der Waals surface area contributed by atoms with Crippen molar-refractivity contribution in [2.75, 3.05) is 0 Å². The van der Waals surface area contributed by atoms with E-state index in [1.807, 2.05) is 25.1 Å². The Hall–Kier alpha value is -2.18. The van der Waals surface area contributed by atoms with Crippen LogP contribution in [0.25, 0.3) is 0 Å². The second kappa shape index (κ2) is 8.96. The van der Waals surface area contributed by atoms with Gasteiger partial charge in [0.25, 0.3) is 0 Å². The molecule has 0 fully saturated rings. The van der Waals surface area contributed by atoms with Crippen molar-refractivity contribution in [3.63, 3.8) is 0 Å². The largest absolute Gasteiger partial charge is 0.350 e. The fourth-order valence-electron chi connectivity index (χ4n) is 2.82. The van der Waals surface area contributed by atoms with Crippen LogP contribution in [0.2, 0.25) is 0 Å². The summed E-state index contributed by atoms with van der Waals surface area (Å²) in [6.45, 7) is 3.89. The number of hydrogen-bond donors (Lipinski definition) is 2. The van der Waals surface area contributed by atoms with Crippen LogP contribution in [0.15, 0.2) is 59.5 Å². The zero-order valence-corrected chi connectivity index (χ0v) is 16.0. The van der Waals surface area contributed by atoms with E-state index >= 15 is 0 Å². The lowest BCUT2D eigenvalue weighted by Gasteiger charge is -2.17. The molecule has 0 heterocycles. The molecule has 2 rings (SSSR count). The van der Waals surface area contributed by atoms with Gasteiger partial charge in [0.1, 0.15) is 0 Å². The highest BCUT2D eigenvalue weighted by Gasteiger charge is 2.15. The van der Waals surface area contributed by atoms with Gasteiger partial charge in [-0.3, -0.25) is 4.79 Å². The third kappa shape index (κ3) is 6.28. The van der Waals surface area contributed by atoms with Crippen LogP contribution in [0.5, 0.6) is 0 Å². The molecule has 0 bridgehead atoms. The fourth-order valence-corrected chi connectivity index (χ4v) is 3.39. The van der Waals surface area contributed by atoms with Crippen molar-refractivity contribution >= 4 is 15.9 Å². The summed E-state index contributed by atoms with van der Waals surface area (Å²) in [6, 6.07) is 16.3. The van der Waals surface area contributed by atoms with E-state index in [-0.39, 0.29) is 22.8 Å². The number of hydrogen-bond acceptors (Lipinski definition) is 3. The lowest BCUT2D eigenvalue weighted by Crippen LogP contribution is -2.28. The highest BCUT2D eigenvalue weighted by molar-refractivity contribution is 7.89. The monoisotopic (exact) mass is 374 g/mol. The number of nitrogens with two attached hydrogens (primary N) is 1. The predicted octanol–water partition coefficient (Wildman–Crippen LogP) is 3.17. The fraction of sp³-hybridized carbons (Fsp3) is 0.350. The van der Waals surface area contributed by atoms with Gasteiger partial charge in [-0.25, -0.2) is 13.6 Å². The highest BCUT2D eigenvalue weighted by atomic mass is 32.2. The average Bonchev–Trinajstić information content (AvgIpc) is 2.60. The third-order valence-electron chi connectivity index (χ3n) is 4.37. The molecule has 5 nitrogen and oxygen atoms in total. The smallest absolute Gasteiger partial charge is 0.238 e. The van der Waals surface area contributed by atoms with Gasteiger partial charge >= 0.3 is 0 Å². The summed E-state index contributed by atoms with van der Waals surface area (Å²) in [5.74, 6) is 0.220.